The lowest BCUT2D eigenvalue weighted by Crippen LogP contribution is -2.39. The Balaban J connectivity index is 1.91. The zero-order valence-corrected chi connectivity index (χ0v) is 12.9. The average molecular weight is 322 g/mol. The first-order valence-electron chi connectivity index (χ1n) is 6.91. The monoisotopic (exact) mass is 321 g/mol. The van der Waals surface area contributed by atoms with Crippen LogP contribution in [0.4, 0.5) is 5.69 Å². The van der Waals surface area contributed by atoms with Crippen LogP contribution in [-0.4, -0.2) is 30.6 Å². The Bertz CT molecular complexity index is 459. The second-order valence-corrected chi connectivity index (χ2v) is 5.92. The molecule has 19 heavy (non-hydrogen) atoms. The van der Waals surface area contributed by atoms with Crippen LogP contribution >= 0.6 is 15.9 Å². The van der Waals surface area contributed by atoms with Gasteiger partial charge < -0.3 is 10.2 Å². The summed E-state index contributed by atoms with van der Waals surface area (Å²) in [4.78, 5) is 2.53. The summed E-state index contributed by atoms with van der Waals surface area (Å²) < 4.78 is 0.975. The first-order valence-corrected chi connectivity index (χ1v) is 7.70. The van der Waals surface area contributed by atoms with Gasteiger partial charge >= 0.3 is 0 Å². The van der Waals surface area contributed by atoms with E-state index in [0.717, 1.165) is 10.2 Å². The van der Waals surface area contributed by atoms with E-state index in [-0.39, 0.29) is 0 Å². The van der Waals surface area contributed by atoms with Crippen molar-refractivity contribution in [1.29, 1.82) is 5.26 Å². The van der Waals surface area contributed by atoms with E-state index < -0.39 is 0 Å². The minimum Gasteiger partial charge on any atom is -0.381 e. The SMILES string of the molecule is CCCN1CCC(Nc2ccc(C#N)cc2Br)CC1. The normalized spacial score (nSPS) is 17.1. The van der Waals surface area contributed by atoms with Crippen molar-refractivity contribution >= 4 is 21.6 Å². The second-order valence-electron chi connectivity index (χ2n) is 5.07. The van der Waals surface area contributed by atoms with Crippen LogP contribution in [0.2, 0.25) is 0 Å². The van der Waals surface area contributed by atoms with Crippen molar-refractivity contribution in [3.8, 4) is 6.07 Å². The summed E-state index contributed by atoms with van der Waals surface area (Å²) >= 11 is 3.53. The number of hydrogen-bond donors (Lipinski definition) is 1. The van der Waals surface area contributed by atoms with Gasteiger partial charge in [0.15, 0.2) is 0 Å². The maximum absolute atomic E-state index is 8.86. The molecule has 0 unspecified atom stereocenters. The number of hydrogen-bond acceptors (Lipinski definition) is 3. The van der Waals surface area contributed by atoms with Crippen LogP contribution < -0.4 is 5.32 Å². The summed E-state index contributed by atoms with van der Waals surface area (Å²) in [6, 6.07) is 8.41. The molecule has 1 aliphatic heterocycles. The molecule has 0 amide bonds. The van der Waals surface area contributed by atoms with E-state index in [9.17, 15) is 0 Å². The van der Waals surface area contributed by atoms with Crippen molar-refractivity contribution in [2.24, 2.45) is 0 Å². The molecule has 1 aromatic carbocycles. The Labute approximate surface area is 123 Å². The third kappa shape index (κ3) is 3.95. The number of anilines is 1. The molecule has 0 aliphatic carbocycles. The number of nitriles is 1. The fraction of sp³-hybridized carbons (Fsp3) is 0.533. The van der Waals surface area contributed by atoms with E-state index in [4.69, 9.17) is 5.26 Å². The first-order chi connectivity index (χ1) is 9.22. The number of nitrogens with one attached hydrogen (secondary N) is 1. The molecule has 4 heteroatoms. The van der Waals surface area contributed by atoms with E-state index in [0.29, 0.717) is 11.6 Å². The molecule has 0 bridgehead atoms. The first kappa shape index (κ1) is 14.4. The Hall–Kier alpha value is -1.05. The zero-order valence-electron chi connectivity index (χ0n) is 11.3. The Morgan fingerprint density at radius 1 is 1.42 bits per heavy atom. The number of rotatable bonds is 4. The van der Waals surface area contributed by atoms with Gasteiger partial charge in [-0.15, -0.1) is 0 Å². The lowest BCUT2D eigenvalue weighted by molar-refractivity contribution is 0.219. The predicted octanol–water partition coefficient (Wildman–Crippen LogP) is 3.61. The maximum atomic E-state index is 8.86. The topological polar surface area (TPSA) is 39.1 Å². The van der Waals surface area contributed by atoms with Gasteiger partial charge in [-0.1, -0.05) is 6.92 Å². The van der Waals surface area contributed by atoms with Crippen LogP contribution in [-0.2, 0) is 0 Å². The van der Waals surface area contributed by atoms with Crippen molar-refractivity contribution < 1.29 is 0 Å². The molecule has 0 saturated carbocycles. The van der Waals surface area contributed by atoms with Gasteiger partial charge in [-0.3, -0.25) is 0 Å². The number of piperidine rings is 1. The minimum atomic E-state index is 0.539. The van der Waals surface area contributed by atoms with Crippen LogP contribution in [0.5, 0.6) is 0 Å². The van der Waals surface area contributed by atoms with E-state index in [1.165, 1.54) is 38.9 Å². The van der Waals surface area contributed by atoms with Gasteiger partial charge in [-0.2, -0.15) is 5.26 Å². The standard InChI is InChI=1S/C15H20BrN3/c1-2-7-19-8-5-13(6-9-19)18-15-4-3-12(11-17)10-14(15)16/h3-4,10,13,18H,2,5-9H2,1H3. The summed E-state index contributed by atoms with van der Waals surface area (Å²) in [5.41, 5.74) is 1.78. The van der Waals surface area contributed by atoms with E-state index in [1.807, 2.05) is 18.2 Å². The summed E-state index contributed by atoms with van der Waals surface area (Å²) in [5, 5.41) is 12.4. The van der Waals surface area contributed by atoms with Crippen molar-refractivity contribution in [2.45, 2.75) is 32.2 Å². The van der Waals surface area contributed by atoms with Gasteiger partial charge in [0, 0.05) is 29.3 Å². The second kappa shape index (κ2) is 6.93. The summed E-state index contributed by atoms with van der Waals surface area (Å²) in [5.74, 6) is 0. The highest BCUT2D eigenvalue weighted by Gasteiger charge is 2.18. The number of likely N-dealkylation sites (tertiary alicyclic amines) is 1. The molecular formula is C15H20BrN3. The third-order valence-corrected chi connectivity index (χ3v) is 4.24. The largest absolute Gasteiger partial charge is 0.381 e. The number of benzene rings is 1. The van der Waals surface area contributed by atoms with Crippen LogP contribution in [0.1, 0.15) is 31.7 Å². The quantitative estimate of drug-likeness (QED) is 0.920. The molecule has 1 fully saturated rings. The Morgan fingerprint density at radius 2 is 2.16 bits per heavy atom. The summed E-state index contributed by atoms with van der Waals surface area (Å²) in [7, 11) is 0. The van der Waals surface area contributed by atoms with Crippen LogP contribution in [0.25, 0.3) is 0 Å². The van der Waals surface area contributed by atoms with E-state index >= 15 is 0 Å². The third-order valence-electron chi connectivity index (χ3n) is 3.59. The Morgan fingerprint density at radius 3 is 2.74 bits per heavy atom. The molecule has 1 N–H and O–H groups in total. The predicted molar refractivity (Wildman–Crippen MR) is 82.2 cm³/mol. The molecule has 2 rings (SSSR count). The molecule has 1 heterocycles. The maximum Gasteiger partial charge on any atom is 0.0992 e. The molecule has 0 radical (unpaired) electrons. The molecule has 0 spiro atoms. The zero-order chi connectivity index (χ0) is 13.7. The van der Waals surface area contributed by atoms with E-state index in [2.05, 4.69) is 39.1 Å². The van der Waals surface area contributed by atoms with Gasteiger partial charge in [-0.05, 0) is 59.9 Å². The van der Waals surface area contributed by atoms with E-state index in [1.54, 1.807) is 0 Å². The van der Waals surface area contributed by atoms with Gasteiger partial charge in [0.25, 0.3) is 0 Å². The number of nitrogens with zero attached hydrogens (tertiary/aromatic N) is 2. The van der Waals surface area contributed by atoms with Gasteiger partial charge in [0.2, 0.25) is 0 Å². The van der Waals surface area contributed by atoms with Crippen LogP contribution in [0, 0.1) is 11.3 Å². The van der Waals surface area contributed by atoms with Crippen molar-refractivity contribution in [2.75, 3.05) is 25.0 Å². The summed E-state index contributed by atoms with van der Waals surface area (Å²) in [6.45, 7) is 5.81. The smallest absolute Gasteiger partial charge is 0.0992 e. The van der Waals surface area contributed by atoms with Crippen LogP contribution in [0.3, 0.4) is 0 Å². The molecule has 1 saturated heterocycles. The molecule has 0 atom stereocenters. The summed E-state index contributed by atoms with van der Waals surface area (Å²) in [6.07, 6.45) is 3.61. The highest BCUT2D eigenvalue weighted by Crippen LogP contribution is 2.26. The minimum absolute atomic E-state index is 0.539. The molecule has 3 nitrogen and oxygen atoms in total. The molecule has 1 aliphatic rings. The molecule has 1 aromatic rings. The van der Waals surface area contributed by atoms with Gasteiger partial charge in [-0.25, -0.2) is 0 Å². The lowest BCUT2D eigenvalue weighted by Gasteiger charge is -2.32. The van der Waals surface area contributed by atoms with Crippen molar-refractivity contribution in [1.82, 2.24) is 4.90 Å². The fourth-order valence-corrected chi connectivity index (χ4v) is 3.03. The van der Waals surface area contributed by atoms with Crippen LogP contribution in [0.15, 0.2) is 22.7 Å². The lowest BCUT2D eigenvalue weighted by atomic mass is 10.0. The fourth-order valence-electron chi connectivity index (χ4n) is 2.54. The average Bonchev–Trinajstić information content (AvgIpc) is 2.43. The van der Waals surface area contributed by atoms with Gasteiger partial charge in [0.05, 0.1) is 11.6 Å². The molecular weight excluding hydrogens is 302 g/mol. The van der Waals surface area contributed by atoms with Crippen molar-refractivity contribution in [3.05, 3.63) is 28.2 Å². The van der Waals surface area contributed by atoms with Gasteiger partial charge in [0.1, 0.15) is 0 Å². The van der Waals surface area contributed by atoms with Crippen molar-refractivity contribution in [3.63, 3.8) is 0 Å². The molecule has 102 valence electrons. The highest BCUT2D eigenvalue weighted by molar-refractivity contribution is 9.10. The highest BCUT2D eigenvalue weighted by atomic mass is 79.9. The molecule has 0 aromatic heterocycles. The Kier molecular flexibility index (Phi) is 5.24. The number of halogens is 1.